The van der Waals surface area contributed by atoms with E-state index in [0.717, 1.165) is 42.7 Å². The van der Waals surface area contributed by atoms with E-state index in [1.54, 1.807) is 36.4 Å². The average Bonchev–Trinajstić information content (AvgIpc) is 3.11. The molecule has 53 heavy (non-hydrogen) atoms. The number of aliphatic hydroxyl groups excluding tert-OH is 1. The highest BCUT2D eigenvalue weighted by atomic mass is 32.2. The summed E-state index contributed by atoms with van der Waals surface area (Å²) in [6, 6.07) is 18.2. The SMILES string of the molecule is CC(C)(C)NC(=O)C1CC2CCCCC2CN1C(=O)[C@@H](O)[C@H](Cc1ccccc1)NC(=O)[C@H](CS(C)(=O)=O)NC(=O)COc1cccc2ccccc12. The number of sulfone groups is 1. The highest BCUT2D eigenvalue weighted by molar-refractivity contribution is 7.90. The van der Waals surface area contributed by atoms with E-state index in [2.05, 4.69) is 16.0 Å². The number of carbonyl (C=O) groups is 4. The van der Waals surface area contributed by atoms with Crippen molar-refractivity contribution >= 4 is 44.2 Å². The topological polar surface area (TPSA) is 171 Å². The molecule has 13 heteroatoms. The van der Waals surface area contributed by atoms with Crippen LogP contribution in [0.5, 0.6) is 5.75 Å². The van der Waals surface area contributed by atoms with Gasteiger partial charge in [-0.1, -0.05) is 86.0 Å². The molecule has 12 nitrogen and oxygen atoms in total. The molecule has 1 saturated carbocycles. The van der Waals surface area contributed by atoms with Crippen LogP contribution in [-0.2, 0) is 35.4 Å². The summed E-state index contributed by atoms with van der Waals surface area (Å²) >= 11 is 0. The van der Waals surface area contributed by atoms with Gasteiger partial charge in [0, 0.05) is 23.7 Å². The molecular weight excluding hydrogens is 697 g/mol. The maximum atomic E-state index is 14.3. The number of aliphatic hydroxyl groups is 1. The molecule has 0 aromatic heterocycles. The number of piperidine rings is 1. The minimum absolute atomic E-state index is 0.0158. The van der Waals surface area contributed by atoms with Crippen molar-refractivity contribution < 1.29 is 37.4 Å². The van der Waals surface area contributed by atoms with E-state index in [0.29, 0.717) is 24.3 Å². The maximum absolute atomic E-state index is 14.3. The smallest absolute Gasteiger partial charge is 0.258 e. The Morgan fingerprint density at radius 1 is 0.906 bits per heavy atom. The number of nitrogens with zero attached hydrogens (tertiary/aromatic N) is 1. The van der Waals surface area contributed by atoms with Gasteiger partial charge in [-0.05, 0) is 68.9 Å². The van der Waals surface area contributed by atoms with E-state index in [-0.39, 0.29) is 24.2 Å². The first-order valence-corrected chi connectivity index (χ1v) is 20.4. The Bertz CT molecular complexity index is 1870. The molecule has 3 unspecified atom stereocenters. The van der Waals surface area contributed by atoms with Crippen LogP contribution < -0.4 is 20.7 Å². The molecule has 6 atom stereocenters. The summed E-state index contributed by atoms with van der Waals surface area (Å²) < 4.78 is 30.7. The minimum Gasteiger partial charge on any atom is -0.483 e. The normalized spacial score (nSPS) is 20.7. The minimum atomic E-state index is -3.80. The third kappa shape index (κ3) is 11.0. The van der Waals surface area contributed by atoms with Crippen LogP contribution in [0.3, 0.4) is 0 Å². The third-order valence-corrected chi connectivity index (χ3v) is 10.9. The predicted molar refractivity (Wildman–Crippen MR) is 203 cm³/mol. The highest BCUT2D eigenvalue weighted by Crippen LogP contribution is 2.39. The fourth-order valence-corrected chi connectivity index (χ4v) is 8.34. The second kappa shape index (κ2) is 17.1. The Balaban J connectivity index is 1.36. The average molecular weight is 749 g/mol. The van der Waals surface area contributed by atoms with Gasteiger partial charge in [-0.15, -0.1) is 0 Å². The maximum Gasteiger partial charge on any atom is 0.258 e. The molecule has 3 aromatic rings. The summed E-state index contributed by atoms with van der Waals surface area (Å²) in [7, 11) is -3.80. The van der Waals surface area contributed by atoms with Crippen LogP contribution in [0.1, 0.15) is 58.4 Å². The number of nitrogens with one attached hydrogen (secondary N) is 3. The number of likely N-dealkylation sites (tertiary alicyclic amines) is 1. The molecule has 4 N–H and O–H groups in total. The lowest BCUT2D eigenvalue weighted by atomic mass is 9.72. The van der Waals surface area contributed by atoms with Crippen molar-refractivity contribution in [3.8, 4) is 5.75 Å². The van der Waals surface area contributed by atoms with Gasteiger partial charge in [0.1, 0.15) is 27.7 Å². The molecule has 4 amide bonds. The molecular formula is C40H52N4O8S. The lowest BCUT2D eigenvalue weighted by Crippen LogP contribution is -2.63. The van der Waals surface area contributed by atoms with Gasteiger partial charge in [-0.3, -0.25) is 19.2 Å². The van der Waals surface area contributed by atoms with E-state index < -0.39 is 69.7 Å². The Kier molecular flexibility index (Phi) is 12.8. The molecule has 1 aliphatic carbocycles. The number of benzene rings is 3. The zero-order valence-electron chi connectivity index (χ0n) is 30.9. The fourth-order valence-electron chi connectivity index (χ4n) is 7.50. The molecule has 0 bridgehead atoms. The van der Waals surface area contributed by atoms with E-state index in [4.69, 9.17) is 4.74 Å². The van der Waals surface area contributed by atoms with Crippen LogP contribution in [0.2, 0.25) is 0 Å². The van der Waals surface area contributed by atoms with Gasteiger partial charge in [0.2, 0.25) is 11.8 Å². The van der Waals surface area contributed by atoms with Crippen LogP contribution in [0.15, 0.2) is 72.8 Å². The molecule has 1 saturated heterocycles. The van der Waals surface area contributed by atoms with Crippen molar-refractivity contribution in [1.29, 1.82) is 0 Å². The van der Waals surface area contributed by atoms with Gasteiger partial charge >= 0.3 is 0 Å². The first kappa shape index (κ1) is 39.7. The molecule has 5 rings (SSSR count). The second-order valence-electron chi connectivity index (χ2n) is 15.5. The van der Waals surface area contributed by atoms with E-state index in [9.17, 15) is 32.7 Å². The molecule has 0 spiro atoms. The van der Waals surface area contributed by atoms with Gasteiger partial charge in [-0.2, -0.15) is 0 Å². The molecule has 3 aromatic carbocycles. The van der Waals surface area contributed by atoms with Gasteiger partial charge in [0.15, 0.2) is 12.7 Å². The van der Waals surface area contributed by atoms with Crippen LogP contribution in [0.25, 0.3) is 10.8 Å². The monoisotopic (exact) mass is 748 g/mol. The molecule has 2 aliphatic rings. The van der Waals surface area contributed by atoms with Crippen LogP contribution in [0.4, 0.5) is 0 Å². The highest BCUT2D eigenvalue weighted by Gasteiger charge is 2.45. The molecule has 1 aliphatic heterocycles. The number of carbonyl (C=O) groups excluding carboxylic acids is 4. The number of hydrogen-bond acceptors (Lipinski definition) is 8. The summed E-state index contributed by atoms with van der Waals surface area (Å²) in [5.41, 5.74) is 0.154. The van der Waals surface area contributed by atoms with Crippen molar-refractivity contribution in [2.24, 2.45) is 11.8 Å². The molecule has 286 valence electrons. The van der Waals surface area contributed by atoms with Crippen LogP contribution in [-0.4, -0.2) is 97.0 Å². The first-order chi connectivity index (χ1) is 25.1. The van der Waals surface area contributed by atoms with Gasteiger partial charge < -0.3 is 30.7 Å². The van der Waals surface area contributed by atoms with E-state index in [1.807, 2.05) is 57.2 Å². The van der Waals surface area contributed by atoms with Crippen molar-refractivity contribution in [2.75, 3.05) is 25.2 Å². The Labute approximate surface area is 312 Å². The van der Waals surface area contributed by atoms with E-state index >= 15 is 0 Å². The largest absolute Gasteiger partial charge is 0.483 e. The van der Waals surface area contributed by atoms with Crippen LogP contribution >= 0.6 is 0 Å². The standard InChI is InChI=1S/C40H52N4O8S/c1-40(2,3)43-38(48)33-22-28-16-8-9-17-29(28)23-44(33)39(49)36(46)31(21-26-13-6-5-7-14-26)42-37(47)32(25-53(4,50)51)41-35(45)24-52-34-20-12-18-27-15-10-11-19-30(27)34/h5-7,10-15,18-20,28-29,31-33,36,46H,8-9,16-17,21-25H2,1-4H3,(H,41,45)(H,42,47)(H,43,48)/t28?,29?,31-,32-,33?,36-/m0/s1. The summed E-state index contributed by atoms with van der Waals surface area (Å²) in [5, 5.41) is 21.7. The summed E-state index contributed by atoms with van der Waals surface area (Å²) in [6.45, 7) is 5.41. The van der Waals surface area contributed by atoms with Crippen molar-refractivity contribution in [3.63, 3.8) is 0 Å². The summed E-state index contributed by atoms with van der Waals surface area (Å²) in [5.74, 6) is -2.44. The fraction of sp³-hybridized carbons (Fsp3) is 0.500. The number of amides is 4. The second-order valence-corrected chi connectivity index (χ2v) is 17.7. The zero-order valence-corrected chi connectivity index (χ0v) is 31.7. The summed E-state index contributed by atoms with van der Waals surface area (Å²) in [6.07, 6.45) is 3.64. The van der Waals surface area contributed by atoms with Gasteiger partial charge in [-0.25, -0.2) is 8.42 Å². The molecule has 0 radical (unpaired) electrons. The number of ether oxygens (including phenoxy) is 1. The Morgan fingerprint density at radius 2 is 1.57 bits per heavy atom. The third-order valence-electron chi connectivity index (χ3n) is 9.97. The van der Waals surface area contributed by atoms with Crippen molar-refractivity contribution in [1.82, 2.24) is 20.9 Å². The Morgan fingerprint density at radius 3 is 2.26 bits per heavy atom. The number of fused-ring (bicyclic) bond motifs is 2. The van der Waals surface area contributed by atoms with Crippen LogP contribution in [0, 0.1) is 11.8 Å². The first-order valence-electron chi connectivity index (χ1n) is 18.3. The lowest BCUT2D eigenvalue weighted by Gasteiger charge is -2.47. The molecule has 1 heterocycles. The summed E-state index contributed by atoms with van der Waals surface area (Å²) in [4.78, 5) is 56.4. The number of hydrogen-bond donors (Lipinski definition) is 4. The Hall–Kier alpha value is -4.49. The number of rotatable bonds is 13. The van der Waals surface area contributed by atoms with Crippen molar-refractivity contribution in [3.05, 3.63) is 78.4 Å². The molecule has 2 fully saturated rings. The van der Waals surface area contributed by atoms with Gasteiger partial charge in [0.25, 0.3) is 11.8 Å². The predicted octanol–water partition coefficient (Wildman–Crippen LogP) is 3.16. The lowest BCUT2D eigenvalue weighted by molar-refractivity contribution is -0.154. The van der Waals surface area contributed by atoms with Crippen molar-refractivity contribution in [2.45, 2.75) is 89.1 Å². The van der Waals surface area contributed by atoms with E-state index in [1.165, 1.54) is 4.90 Å². The quantitative estimate of drug-likeness (QED) is 0.207. The van der Waals surface area contributed by atoms with Gasteiger partial charge in [0.05, 0.1) is 11.8 Å². The zero-order chi connectivity index (χ0) is 38.3.